The summed E-state index contributed by atoms with van der Waals surface area (Å²) in [6.45, 7) is 0.795. The average Bonchev–Trinajstić information content (AvgIpc) is 3.04. The minimum Gasteiger partial charge on any atom is -0.366 e. The van der Waals surface area contributed by atoms with Crippen LogP contribution >= 0.6 is 0 Å². The van der Waals surface area contributed by atoms with E-state index in [1.807, 2.05) is 24.5 Å². The highest BCUT2D eigenvalue weighted by Gasteiger charge is 2.11. The van der Waals surface area contributed by atoms with E-state index in [9.17, 15) is 0 Å². The fourth-order valence-corrected chi connectivity index (χ4v) is 2.38. The van der Waals surface area contributed by atoms with E-state index in [-0.39, 0.29) is 0 Å². The number of rotatable bonds is 1. The number of hydrogen-bond acceptors (Lipinski definition) is 3. The van der Waals surface area contributed by atoms with Gasteiger partial charge in [0.15, 0.2) is 0 Å². The topological polar surface area (TPSA) is 41.9 Å². The molecule has 0 saturated carbocycles. The van der Waals surface area contributed by atoms with Crippen LogP contribution in [0.2, 0.25) is 0 Å². The molecule has 4 heteroatoms. The number of anilines is 2. The van der Waals surface area contributed by atoms with E-state index in [1.165, 1.54) is 0 Å². The molecule has 4 rings (SSSR count). The number of benzene rings is 2. The summed E-state index contributed by atoms with van der Waals surface area (Å²) in [5.74, 6) is 0. The lowest BCUT2D eigenvalue weighted by atomic mass is 10.2. The van der Waals surface area contributed by atoms with Crippen LogP contribution in [0.1, 0.15) is 0 Å². The summed E-state index contributed by atoms with van der Waals surface area (Å²) >= 11 is 0. The fraction of sp³-hybridized carbons (Fsp3) is 0.0714. The molecule has 18 heavy (non-hydrogen) atoms. The predicted molar refractivity (Wildman–Crippen MR) is 73.2 cm³/mol. The van der Waals surface area contributed by atoms with Crippen molar-refractivity contribution in [2.24, 2.45) is 0 Å². The quantitative estimate of drug-likeness (QED) is 0.682. The Morgan fingerprint density at radius 3 is 2.89 bits per heavy atom. The number of para-hydroxylation sites is 2. The minimum atomic E-state index is 0.795. The molecule has 2 aromatic carbocycles. The van der Waals surface area contributed by atoms with Crippen molar-refractivity contribution in [1.29, 1.82) is 0 Å². The number of hydrogen-bond donors (Lipinski definition) is 2. The Morgan fingerprint density at radius 1 is 1.00 bits per heavy atom. The van der Waals surface area contributed by atoms with E-state index in [1.54, 1.807) is 0 Å². The highest BCUT2D eigenvalue weighted by atomic mass is 15.1. The number of fused-ring (bicyclic) bond motifs is 2. The standard InChI is InChI=1S/C14H12N4/c1-2-4-14-12(3-1)17-9-18(14)10-5-6-11-13(7-10)16-8-15-11/h1-7,9,15-16H,8H2. The lowest BCUT2D eigenvalue weighted by Gasteiger charge is -2.06. The second-order valence-corrected chi connectivity index (χ2v) is 4.36. The summed E-state index contributed by atoms with van der Waals surface area (Å²) in [5, 5.41) is 6.58. The van der Waals surface area contributed by atoms with Gasteiger partial charge in [-0.15, -0.1) is 0 Å². The van der Waals surface area contributed by atoms with E-state index < -0.39 is 0 Å². The van der Waals surface area contributed by atoms with Gasteiger partial charge in [-0.1, -0.05) is 12.1 Å². The van der Waals surface area contributed by atoms with Crippen LogP contribution in [0.5, 0.6) is 0 Å². The van der Waals surface area contributed by atoms with E-state index >= 15 is 0 Å². The lowest BCUT2D eigenvalue weighted by Crippen LogP contribution is -1.99. The summed E-state index contributed by atoms with van der Waals surface area (Å²) in [6, 6.07) is 14.5. The molecule has 88 valence electrons. The van der Waals surface area contributed by atoms with Crippen LogP contribution in [0.3, 0.4) is 0 Å². The third-order valence-electron chi connectivity index (χ3n) is 3.29. The Balaban J connectivity index is 1.92. The first-order chi connectivity index (χ1) is 8.92. The first-order valence-corrected chi connectivity index (χ1v) is 5.96. The summed E-state index contributed by atoms with van der Waals surface area (Å²) < 4.78 is 2.11. The van der Waals surface area contributed by atoms with Crippen molar-refractivity contribution in [3.05, 3.63) is 48.8 Å². The fourth-order valence-electron chi connectivity index (χ4n) is 2.38. The van der Waals surface area contributed by atoms with E-state index in [2.05, 4.69) is 44.5 Å². The van der Waals surface area contributed by atoms with Crippen molar-refractivity contribution in [1.82, 2.24) is 9.55 Å². The van der Waals surface area contributed by atoms with Crippen molar-refractivity contribution >= 4 is 22.4 Å². The second-order valence-electron chi connectivity index (χ2n) is 4.36. The highest BCUT2D eigenvalue weighted by Crippen LogP contribution is 2.29. The molecule has 0 fully saturated rings. The summed E-state index contributed by atoms with van der Waals surface area (Å²) in [4.78, 5) is 4.42. The molecular formula is C14H12N4. The van der Waals surface area contributed by atoms with Gasteiger partial charge in [-0.25, -0.2) is 4.98 Å². The Morgan fingerprint density at radius 2 is 1.89 bits per heavy atom. The molecule has 0 amide bonds. The summed E-state index contributed by atoms with van der Waals surface area (Å²) in [5.41, 5.74) is 5.57. The van der Waals surface area contributed by atoms with Gasteiger partial charge in [-0.2, -0.15) is 0 Å². The first-order valence-electron chi connectivity index (χ1n) is 5.96. The maximum Gasteiger partial charge on any atom is 0.100 e. The van der Waals surface area contributed by atoms with Crippen molar-refractivity contribution in [3.8, 4) is 5.69 Å². The molecule has 0 spiro atoms. The largest absolute Gasteiger partial charge is 0.366 e. The molecule has 0 aliphatic carbocycles. The van der Waals surface area contributed by atoms with Gasteiger partial charge in [0.05, 0.1) is 29.1 Å². The van der Waals surface area contributed by atoms with Crippen LogP contribution in [-0.4, -0.2) is 16.2 Å². The number of aromatic nitrogens is 2. The monoisotopic (exact) mass is 236 g/mol. The number of nitrogens with one attached hydrogen (secondary N) is 2. The van der Waals surface area contributed by atoms with Crippen LogP contribution < -0.4 is 10.6 Å². The van der Waals surface area contributed by atoms with Gasteiger partial charge in [0.1, 0.15) is 6.33 Å². The van der Waals surface area contributed by atoms with Crippen LogP contribution in [0.4, 0.5) is 11.4 Å². The predicted octanol–water partition coefficient (Wildman–Crippen LogP) is 2.82. The summed E-state index contributed by atoms with van der Waals surface area (Å²) in [7, 11) is 0. The molecule has 0 bridgehead atoms. The van der Waals surface area contributed by atoms with Crippen LogP contribution in [0.25, 0.3) is 16.7 Å². The van der Waals surface area contributed by atoms with Gasteiger partial charge in [0, 0.05) is 5.69 Å². The van der Waals surface area contributed by atoms with E-state index in [0.29, 0.717) is 0 Å². The molecule has 0 atom stereocenters. The SMILES string of the molecule is c1ccc2c(c1)ncn2-c1ccc2c(c1)NCN2. The maximum atomic E-state index is 4.42. The van der Waals surface area contributed by atoms with Gasteiger partial charge in [0.2, 0.25) is 0 Å². The molecule has 0 saturated heterocycles. The lowest BCUT2D eigenvalue weighted by molar-refractivity contribution is 1.09. The molecule has 1 aromatic heterocycles. The minimum absolute atomic E-state index is 0.795. The molecule has 1 aliphatic rings. The average molecular weight is 236 g/mol. The normalized spacial score (nSPS) is 13.1. The molecule has 1 aliphatic heterocycles. The van der Waals surface area contributed by atoms with E-state index in [4.69, 9.17) is 0 Å². The Hall–Kier alpha value is -2.49. The van der Waals surface area contributed by atoms with Crippen molar-refractivity contribution in [3.63, 3.8) is 0 Å². The van der Waals surface area contributed by atoms with Crippen LogP contribution in [-0.2, 0) is 0 Å². The second kappa shape index (κ2) is 3.50. The number of imidazole rings is 1. The molecule has 0 unspecified atom stereocenters. The molecular weight excluding hydrogens is 224 g/mol. The third kappa shape index (κ3) is 1.29. The Kier molecular flexibility index (Phi) is 1.85. The zero-order valence-corrected chi connectivity index (χ0v) is 9.72. The van der Waals surface area contributed by atoms with Gasteiger partial charge in [0.25, 0.3) is 0 Å². The Bertz CT molecular complexity index is 729. The van der Waals surface area contributed by atoms with Crippen molar-refractivity contribution in [2.75, 3.05) is 17.3 Å². The smallest absolute Gasteiger partial charge is 0.100 e. The molecule has 2 N–H and O–H groups in total. The molecule has 3 aromatic rings. The molecule has 2 heterocycles. The molecule has 4 nitrogen and oxygen atoms in total. The summed E-state index contributed by atoms with van der Waals surface area (Å²) in [6.07, 6.45) is 1.87. The van der Waals surface area contributed by atoms with Crippen LogP contribution in [0, 0.1) is 0 Å². The third-order valence-corrected chi connectivity index (χ3v) is 3.29. The van der Waals surface area contributed by atoms with Crippen molar-refractivity contribution in [2.45, 2.75) is 0 Å². The van der Waals surface area contributed by atoms with Crippen LogP contribution in [0.15, 0.2) is 48.8 Å². The zero-order valence-electron chi connectivity index (χ0n) is 9.72. The van der Waals surface area contributed by atoms with Gasteiger partial charge in [-0.05, 0) is 30.3 Å². The van der Waals surface area contributed by atoms with Gasteiger partial charge >= 0.3 is 0 Å². The van der Waals surface area contributed by atoms with Gasteiger partial charge in [-0.3, -0.25) is 4.57 Å². The highest BCUT2D eigenvalue weighted by molar-refractivity contribution is 5.80. The van der Waals surface area contributed by atoms with Gasteiger partial charge < -0.3 is 10.6 Å². The van der Waals surface area contributed by atoms with E-state index in [0.717, 1.165) is 34.8 Å². The van der Waals surface area contributed by atoms with Crippen molar-refractivity contribution < 1.29 is 0 Å². The molecule has 0 radical (unpaired) electrons. The Labute approximate surface area is 104 Å². The first kappa shape index (κ1) is 9.53. The maximum absolute atomic E-state index is 4.42. The zero-order chi connectivity index (χ0) is 11.9. The number of nitrogens with zero attached hydrogens (tertiary/aromatic N) is 2.